The van der Waals surface area contributed by atoms with Gasteiger partial charge in [-0.15, -0.1) is 0 Å². The second-order valence-electron chi connectivity index (χ2n) is 3.08. The van der Waals surface area contributed by atoms with Gasteiger partial charge in [0.2, 0.25) is 0 Å². The number of nitrogens with two attached hydrogens (primary N) is 1. The van der Waals surface area contributed by atoms with E-state index in [-0.39, 0.29) is 0 Å². The molecule has 1 aliphatic rings. The van der Waals surface area contributed by atoms with Gasteiger partial charge in [-0.2, -0.15) is 0 Å². The molecule has 0 bridgehead atoms. The lowest BCUT2D eigenvalue weighted by Crippen LogP contribution is -2.89. The van der Waals surface area contributed by atoms with Crippen molar-refractivity contribution in [1.29, 1.82) is 0 Å². The van der Waals surface area contributed by atoms with Crippen LogP contribution in [0.2, 0.25) is 0 Å². The molecule has 2 nitrogen and oxygen atoms in total. The molecule has 3 N–H and O–H groups in total. The molecule has 10 heavy (non-hydrogen) atoms. The number of hydrogen-bond acceptors (Lipinski definition) is 1. The fraction of sp³-hybridized carbons (Fsp3) is 1.00. The summed E-state index contributed by atoms with van der Waals surface area (Å²) in [5.74, 6) is 0. The molecule has 60 valence electrons. The Kier molecular flexibility index (Phi) is 3.76. The summed E-state index contributed by atoms with van der Waals surface area (Å²) in [6.45, 7) is 5.93. The van der Waals surface area contributed by atoms with E-state index in [1.807, 2.05) is 0 Å². The first kappa shape index (κ1) is 8.02. The Balaban J connectivity index is 2.15. The molecule has 1 aliphatic heterocycles. The summed E-state index contributed by atoms with van der Waals surface area (Å²) in [6.07, 6.45) is 4.12. The van der Waals surface area contributed by atoms with Crippen LogP contribution in [0.3, 0.4) is 0 Å². The lowest BCUT2D eigenvalue weighted by atomic mass is 10.1. The second kappa shape index (κ2) is 4.69. The van der Waals surface area contributed by atoms with Crippen molar-refractivity contribution >= 4 is 0 Å². The van der Waals surface area contributed by atoms with Crippen molar-refractivity contribution in [2.75, 3.05) is 19.6 Å². The van der Waals surface area contributed by atoms with Gasteiger partial charge in [-0.3, -0.25) is 0 Å². The number of rotatable bonds is 2. The summed E-state index contributed by atoms with van der Waals surface area (Å²) in [5, 5.41) is 5.88. The van der Waals surface area contributed by atoms with E-state index in [1.54, 1.807) is 0 Å². The average molecular weight is 143 g/mol. The van der Waals surface area contributed by atoms with Gasteiger partial charge in [0, 0.05) is 19.4 Å². The van der Waals surface area contributed by atoms with Gasteiger partial charge in [0.25, 0.3) is 0 Å². The van der Waals surface area contributed by atoms with Crippen molar-refractivity contribution in [2.24, 2.45) is 0 Å². The van der Waals surface area contributed by atoms with Gasteiger partial charge in [-0.05, 0) is 19.9 Å². The second-order valence-corrected chi connectivity index (χ2v) is 3.08. The van der Waals surface area contributed by atoms with E-state index in [4.69, 9.17) is 0 Å². The van der Waals surface area contributed by atoms with Crippen molar-refractivity contribution in [3.8, 4) is 0 Å². The fourth-order valence-electron chi connectivity index (χ4n) is 1.62. The molecular weight excluding hydrogens is 124 g/mol. The van der Waals surface area contributed by atoms with Gasteiger partial charge in [0.1, 0.15) is 0 Å². The van der Waals surface area contributed by atoms with E-state index in [2.05, 4.69) is 17.6 Å². The molecule has 1 heterocycles. The van der Waals surface area contributed by atoms with E-state index < -0.39 is 0 Å². The minimum atomic E-state index is 0.903. The minimum Gasteiger partial charge on any atom is -0.344 e. The molecule has 0 radical (unpaired) electrons. The predicted molar refractivity (Wildman–Crippen MR) is 43.0 cm³/mol. The minimum absolute atomic E-state index is 0.903. The maximum Gasteiger partial charge on any atom is 0.0871 e. The molecule has 0 aromatic rings. The van der Waals surface area contributed by atoms with Crippen LogP contribution in [0.15, 0.2) is 0 Å². The Morgan fingerprint density at radius 2 is 2.30 bits per heavy atom. The van der Waals surface area contributed by atoms with Crippen molar-refractivity contribution in [1.82, 2.24) is 5.32 Å². The predicted octanol–water partition coefficient (Wildman–Crippen LogP) is -0.288. The SMILES string of the molecule is CC[NH2+]C1CCCNCC1. The van der Waals surface area contributed by atoms with Gasteiger partial charge in [0.05, 0.1) is 12.6 Å². The average Bonchev–Trinajstić information content (AvgIpc) is 2.17. The maximum absolute atomic E-state index is 3.42. The monoisotopic (exact) mass is 143 g/mol. The van der Waals surface area contributed by atoms with Crippen molar-refractivity contribution in [3.63, 3.8) is 0 Å². The highest BCUT2D eigenvalue weighted by molar-refractivity contribution is 4.63. The summed E-state index contributed by atoms with van der Waals surface area (Å²) >= 11 is 0. The third-order valence-electron chi connectivity index (χ3n) is 2.19. The molecular formula is C8H19N2+. The number of hydrogen-bond donors (Lipinski definition) is 2. The molecule has 1 fully saturated rings. The topological polar surface area (TPSA) is 28.6 Å². The highest BCUT2D eigenvalue weighted by Gasteiger charge is 2.12. The van der Waals surface area contributed by atoms with Crippen LogP contribution in [-0.2, 0) is 0 Å². The van der Waals surface area contributed by atoms with Crippen molar-refractivity contribution in [2.45, 2.75) is 32.2 Å². The zero-order chi connectivity index (χ0) is 7.23. The van der Waals surface area contributed by atoms with E-state index in [9.17, 15) is 0 Å². The third-order valence-corrected chi connectivity index (χ3v) is 2.19. The summed E-state index contributed by atoms with van der Waals surface area (Å²) in [5.41, 5.74) is 0. The van der Waals surface area contributed by atoms with Gasteiger partial charge in [-0.1, -0.05) is 0 Å². The first-order valence-corrected chi connectivity index (χ1v) is 4.47. The molecule has 0 aromatic carbocycles. The molecule has 1 unspecified atom stereocenters. The first-order chi connectivity index (χ1) is 4.93. The summed E-state index contributed by atoms with van der Waals surface area (Å²) < 4.78 is 0. The van der Waals surface area contributed by atoms with Gasteiger partial charge >= 0.3 is 0 Å². The standard InChI is InChI=1S/C8H18N2/c1-2-10-8-4-3-6-9-7-5-8/h8-10H,2-7H2,1H3/p+1. The van der Waals surface area contributed by atoms with Crippen LogP contribution < -0.4 is 10.6 Å². The van der Waals surface area contributed by atoms with Crippen molar-refractivity contribution in [3.05, 3.63) is 0 Å². The molecule has 0 amide bonds. The van der Waals surface area contributed by atoms with Crippen LogP contribution >= 0.6 is 0 Å². The molecule has 0 aliphatic carbocycles. The zero-order valence-electron chi connectivity index (χ0n) is 6.90. The molecule has 2 heteroatoms. The lowest BCUT2D eigenvalue weighted by Gasteiger charge is -2.09. The van der Waals surface area contributed by atoms with Gasteiger partial charge < -0.3 is 10.6 Å². The van der Waals surface area contributed by atoms with Gasteiger partial charge in [0.15, 0.2) is 0 Å². The lowest BCUT2D eigenvalue weighted by molar-refractivity contribution is -0.687. The Bertz CT molecular complexity index is 75.3. The molecule has 1 rings (SSSR count). The fourth-order valence-corrected chi connectivity index (χ4v) is 1.62. The van der Waals surface area contributed by atoms with E-state index >= 15 is 0 Å². The Morgan fingerprint density at radius 1 is 1.40 bits per heavy atom. The highest BCUT2D eigenvalue weighted by atomic mass is 14.9. The van der Waals surface area contributed by atoms with Crippen LogP contribution in [0.1, 0.15) is 26.2 Å². The highest BCUT2D eigenvalue weighted by Crippen LogP contribution is 1.99. The molecule has 0 aromatic heterocycles. The third kappa shape index (κ3) is 2.67. The Hall–Kier alpha value is -0.0800. The first-order valence-electron chi connectivity index (χ1n) is 4.47. The number of quaternary nitrogens is 1. The van der Waals surface area contributed by atoms with E-state index in [0.717, 1.165) is 6.04 Å². The zero-order valence-corrected chi connectivity index (χ0v) is 6.90. The Morgan fingerprint density at radius 3 is 3.10 bits per heavy atom. The van der Waals surface area contributed by atoms with Crippen LogP contribution in [0, 0.1) is 0 Å². The van der Waals surface area contributed by atoms with E-state index in [0.29, 0.717) is 0 Å². The molecule has 0 spiro atoms. The Labute approximate surface area is 63.4 Å². The smallest absolute Gasteiger partial charge is 0.0871 e. The largest absolute Gasteiger partial charge is 0.344 e. The van der Waals surface area contributed by atoms with E-state index in [1.165, 1.54) is 38.9 Å². The van der Waals surface area contributed by atoms with Crippen LogP contribution in [0.5, 0.6) is 0 Å². The number of nitrogens with one attached hydrogen (secondary N) is 1. The van der Waals surface area contributed by atoms with Crippen LogP contribution in [0.25, 0.3) is 0 Å². The molecule has 1 saturated heterocycles. The van der Waals surface area contributed by atoms with Gasteiger partial charge in [-0.25, -0.2) is 0 Å². The summed E-state index contributed by atoms with van der Waals surface area (Å²) in [7, 11) is 0. The normalized spacial score (nSPS) is 27.9. The van der Waals surface area contributed by atoms with Crippen molar-refractivity contribution < 1.29 is 5.32 Å². The van der Waals surface area contributed by atoms with Crippen LogP contribution in [-0.4, -0.2) is 25.7 Å². The van der Waals surface area contributed by atoms with Crippen LogP contribution in [0.4, 0.5) is 0 Å². The maximum atomic E-state index is 3.42. The summed E-state index contributed by atoms with van der Waals surface area (Å²) in [4.78, 5) is 0. The quantitative estimate of drug-likeness (QED) is 0.546. The summed E-state index contributed by atoms with van der Waals surface area (Å²) in [6, 6.07) is 0.903. The molecule has 0 saturated carbocycles. The molecule has 1 atom stereocenters.